The van der Waals surface area contributed by atoms with E-state index in [9.17, 15) is 0 Å². The maximum absolute atomic E-state index is 5.54. The van der Waals surface area contributed by atoms with E-state index in [0.29, 0.717) is 6.10 Å². The second-order valence-corrected chi connectivity index (χ2v) is 4.43. The summed E-state index contributed by atoms with van der Waals surface area (Å²) in [6, 6.07) is 0. The molecular formula is C10H22N2O. The Balaban J connectivity index is 2.15. The fraction of sp³-hybridized carbons (Fsp3) is 1.00. The molecule has 0 bridgehead atoms. The van der Waals surface area contributed by atoms with E-state index < -0.39 is 0 Å². The van der Waals surface area contributed by atoms with Crippen LogP contribution in [-0.2, 0) is 4.74 Å². The molecule has 1 heterocycles. The van der Waals surface area contributed by atoms with Gasteiger partial charge in [-0.15, -0.1) is 0 Å². The monoisotopic (exact) mass is 186 g/mol. The molecule has 1 aliphatic rings. The lowest BCUT2D eigenvalue weighted by Crippen LogP contribution is -2.49. The van der Waals surface area contributed by atoms with Crippen LogP contribution in [-0.4, -0.2) is 38.4 Å². The van der Waals surface area contributed by atoms with Gasteiger partial charge in [0.2, 0.25) is 0 Å². The normalized spacial score (nSPS) is 23.8. The van der Waals surface area contributed by atoms with Crippen molar-refractivity contribution in [2.24, 2.45) is 0 Å². The number of ether oxygens (including phenoxy) is 1. The van der Waals surface area contributed by atoms with E-state index in [1.54, 1.807) is 0 Å². The predicted octanol–water partition coefficient (Wildman–Crippen LogP) is 0.753. The first kappa shape index (κ1) is 11.0. The average molecular weight is 186 g/mol. The third kappa shape index (κ3) is 4.07. The third-order valence-corrected chi connectivity index (χ3v) is 2.45. The van der Waals surface area contributed by atoms with E-state index in [2.05, 4.69) is 24.5 Å². The predicted molar refractivity (Wildman–Crippen MR) is 55.0 cm³/mol. The summed E-state index contributed by atoms with van der Waals surface area (Å²) in [5, 5.41) is 6.69. The van der Waals surface area contributed by atoms with Crippen molar-refractivity contribution in [2.75, 3.05) is 26.7 Å². The van der Waals surface area contributed by atoms with E-state index in [1.807, 2.05) is 7.05 Å². The number of likely N-dealkylation sites (N-methyl/N-ethyl adjacent to an activating group) is 1. The Morgan fingerprint density at radius 1 is 1.46 bits per heavy atom. The first-order chi connectivity index (χ1) is 6.14. The number of hydrogen-bond acceptors (Lipinski definition) is 3. The molecule has 0 aromatic carbocycles. The minimum absolute atomic E-state index is 0.167. The third-order valence-electron chi connectivity index (χ3n) is 2.45. The second kappa shape index (κ2) is 4.94. The van der Waals surface area contributed by atoms with Gasteiger partial charge in [0.15, 0.2) is 0 Å². The highest BCUT2D eigenvalue weighted by molar-refractivity contribution is 4.81. The molecule has 0 radical (unpaired) electrons. The molecule has 1 unspecified atom stereocenters. The van der Waals surface area contributed by atoms with Gasteiger partial charge in [-0.2, -0.15) is 0 Å². The fourth-order valence-corrected chi connectivity index (χ4v) is 1.70. The summed E-state index contributed by atoms with van der Waals surface area (Å²) in [5.41, 5.74) is 0.167. The standard InChI is InChI=1S/C10H22N2O/c1-10(2,8-11-3)12-7-9-5-4-6-13-9/h9,11-12H,4-8H2,1-3H3. The summed E-state index contributed by atoms with van der Waals surface area (Å²) < 4.78 is 5.54. The number of nitrogens with one attached hydrogen (secondary N) is 2. The molecule has 0 aliphatic carbocycles. The minimum atomic E-state index is 0.167. The molecule has 1 atom stereocenters. The van der Waals surface area contributed by atoms with Crippen LogP contribution < -0.4 is 10.6 Å². The zero-order valence-corrected chi connectivity index (χ0v) is 9.02. The fourth-order valence-electron chi connectivity index (χ4n) is 1.70. The van der Waals surface area contributed by atoms with E-state index in [-0.39, 0.29) is 5.54 Å². The molecular weight excluding hydrogens is 164 g/mol. The van der Waals surface area contributed by atoms with Crippen molar-refractivity contribution in [1.29, 1.82) is 0 Å². The minimum Gasteiger partial charge on any atom is -0.377 e. The molecule has 1 saturated heterocycles. The topological polar surface area (TPSA) is 33.3 Å². The molecule has 0 saturated carbocycles. The molecule has 1 aliphatic heterocycles. The zero-order chi connectivity index (χ0) is 9.73. The van der Waals surface area contributed by atoms with Crippen LogP contribution in [0.3, 0.4) is 0 Å². The lowest BCUT2D eigenvalue weighted by Gasteiger charge is -2.27. The summed E-state index contributed by atoms with van der Waals surface area (Å²) in [6.45, 7) is 7.32. The van der Waals surface area contributed by atoms with Crippen LogP contribution in [0.1, 0.15) is 26.7 Å². The first-order valence-corrected chi connectivity index (χ1v) is 5.15. The summed E-state index contributed by atoms with van der Waals surface area (Å²) in [7, 11) is 1.98. The van der Waals surface area contributed by atoms with Crippen molar-refractivity contribution in [1.82, 2.24) is 10.6 Å². The summed E-state index contributed by atoms with van der Waals surface area (Å²) in [5.74, 6) is 0. The van der Waals surface area contributed by atoms with E-state index in [0.717, 1.165) is 19.7 Å². The highest BCUT2D eigenvalue weighted by atomic mass is 16.5. The van der Waals surface area contributed by atoms with Gasteiger partial charge in [0.1, 0.15) is 0 Å². The molecule has 1 rings (SSSR count). The number of rotatable bonds is 5. The van der Waals surface area contributed by atoms with Crippen molar-refractivity contribution in [3.63, 3.8) is 0 Å². The maximum Gasteiger partial charge on any atom is 0.0700 e. The molecule has 0 aromatic rings. The molecule has 2 N–H and O–H groups in total. The van der Waals surface area contributed by atoms with Crippen LogP contribution >= 0.6 is 0 Å². The Bertz CT molecular complexity index is 142. The molecule has 78 valence electrons. The quantitative estimate of drug-likeness (QED) is 0.665. The van der Waals surface area contributed by atoms with Crippen LogP contribution in [0.4, 0.5) is 0 Å². The van der Waals surface area contributed by atoms with Gasteiger partial charge < -0.3 is 15.4 Å². The molecule has 13 heavy (non-hydrogen) atoms. The van der Waals surface area contributed by atoms with Gasteiger partial charge in [0, 0.05) is 25.2 Å². The van der Waals surface area contributed by atoms with Gasteiger partial charge in [-0.1, -0.05) is 0 Å². The van der Waals surface area contributed by atoms with Crippen LogP contribution in [0.5, 0.6) is 0 Å². The van der Waals surface area contributed by atoms with Crippen LogP contribution in [0.2, 0.25) is 0 Å². The Morgan fingerprint density at radius 3 is 2.77 bits per heavy atom. The zero-order valence-electron chi connectivity index (χ0n) is 9.02. The molecule has 1 fully saturated rings. The van der Waals surface area contributed by atoms with Crippen LogP contribution in [0.25, 0.3) is 0 Å². The van der Waals surface area contributed by atoms with Crippen molar-refractivity contribution in [3.05, 3.63) is 0 Å². The Morgan fingerprint density at radius 2 is 2.23 bits per heavy atom. The molecule has 3 nitrogen and oxygen atoms in total. The van der Waals surface area contributed by atoms with Gasteiger partial charge in [0.05, 0.1) is 6.10 Å². The molecule has 0 aromatic heterocycles. The van der Waals surface area contributed by atoms with Crippen molar-refractivity contribution in [3.8, 4) is 0 Å². The lowest BCUT2D eigenvalue weighted by atomic mass is 10.1. The first-order valence-electron chi connectivity index (χ1n) is 5.15. The maximum atomic E-state index is 5.54. The van der Waals surface area contributed by atoms with Gasteiger partial charge in [0.25, 0.3) is 0 Å². The van der Waals surface area contributed by atoms with Crippen molar-refractivity contribution >= 4 is 0 Å². The van der Waals surface area contributed by atoms with Gasteiger partial charge in [-0.25, -0.2) is 0 Å². The van der Waals surface area contributed by atoms with Crippen molar-refractivity contribution < 1.29 is 4.74 Å². The molecule has 0 spiro atoms. The van der Waals surface area contributed by atoms with Gasteiger partial charge in [-0.3, -0.25) is 0 Å². The Labute approximate surface area is 81.2 Å². The lowest BCUT2D eigenvalue weighted by molar-refractivity contribution is 0.103. The Hall–Kier alpha value is -0.120. The second-order valence-electron chi connectivity index (χ2n) is 4.43. The molecule has 3 heteroatoms. The van der Waals surface area contributed by atoms with Crippen molar-refractivity contribution in [2.45, 2.75) is 38.3 Å². The van der Waals surface area contributed by atoms with Crippen LogP contribution in [0.15, 0.2) is 0 Å². The van der Waals surface area contributed by atoms with E-state index in [4.69, 9.17) is 4.74 Å². The summed E-state index contributed by atoms with van der Waals surface area (Å²) >= 11 is 0. The highest BCUT2D eigenvalue weighted by Crippen LogP contribution is 2.12. The van der Waals surface area contributed by atoms with E-state index in [1.165, 1.54) is 12.8 Å². The highest BCUT2D eigenvalue weighted by Gasteiger charge is 2.20. The SMILES string of the molecule is CNCC(C)(C)NCC1CCCO1. The Kier molecular flexibility index (Phi) is 4.16. The average Bonchev–Trinajstić information content (AvgIpc) is 2.52. The molecule has 0 amide bonds. The summed E-state index contributed by atoms with van der Waals surface area (Å²) in [6.07, 6.45) is 2.87. The summed E-state index contributed by atoms with van der Waals surface area (Å²) in [4.78, 5) is 0. The smallest absolute Gasteiger partial charge is 0.0700 e. The number of hydrogen-bond donors (Lipinski definition) is 2. The van der Waals surface area contributed by atoms with E-state index >= 15 is 0 Å². The van der Waals surface area contributed by atoms with Gasteiger partial charge >= 0.3 is 0 Å². The van der Waals surface area contributed by atoms with Crippen LogP contribution in [0, 0.1) is 0 Å². The van der Waals surface area contributed by atoms with Gasteiger partial charge in [-0.05, 0) is 33.7 Å². The largest absolute Gasteiger partial charge is 0.377 e.